The molecule has 1 saturated carbocycles. The van der Waals surface area contributed by atoms with Crippen molar-refractivity contribution in [1.82, 2.24) is 10.2 Å². The summed E-state index contributed by atoms with van der Waals surface area (Å²) in [5, 5.41) is 8.26. The number of hydrogen-bond acceptors (Lipinski definition) is 5. The fourth-order valence-electron chi connectivity index (χ4n) is 2.49. The van der Waals surface area contributed by atoms with E-state index in [1.165, 1.54) is 12.8 Å². The summed E-state index contributed by atoms with van der Waals surface area (Å²) in [6.07, 6.45) is 4.82. The Hall–Kier alpha value is -1.65. The fourth-order valence-corrected chi connectivity index (χ4v) is 2.49. The van der Waals surface area contributed by atoms with Gasteiger partial charge in [-0.1, -0.05) is 0 Å². The molecule has 5 heteroatoms. The topological polar surface area (TPSA) is 55.3 Å². The normalized spacial score (nSPS) is 19.1. The summed E-state index contributed by atoms with van der Waals surface area (Å²) < 4.78 is 4.97. The van der Waals surface area contributed by atoms with E-state index < -0.39 is 0 Å². The van der Waals surface area contributed by atoms with Crippen LogP contribution >= 0.6 is 0 Å². The van der Waals surface area contributed by atoms with Gasteiger partial charge in [-0.15, -0.1) is 0 Å². The van der Waals surface area contributed by atoms with E-state index in [0.717, 1.165) is 24.5 Å². The predicted molar refractivity (Wildman–Crippen MR) is 71.0 cm³/mol. The molecule has 102 valence electrons. The maximum atomic E-state index is 11.4. The van der Waals surface area contributed by atoms with Gasteiger partial charge in [0.05, 0.1) is 30.6 Å². The Labute approximate surface area is 113 Å². The van der Waals surface area contributed by atoms with Gasteiger partial charge >= 0.3 is 5.97 Å². The van der Waals surface area contributed by atoms with Gasteiger partial charge in [-0.25, -0.2) is 0 Å². The lowest BCUT2D eigenvalue weighted by molar-refractivity contribution is -0.144. The van der Waals surface area contributed by atoms with Crippen LogP contribution < -0.4 is 4.90 Å². The Kier molecular flexibility index (Phi) is 3.36. The number of carbonyl (C=O) groups is 1. The first kappa shape index (κ1) is 12.4. The molecule has 0 amide bonds. The summed E-state index contributed by atoms with van der Waals surface area (Å²) in [6.45, 7) is 4.13. The zero-order valence-electron chi connectivity index (χ0n) is 11.2. The van der Waals surface area contributed by atoms with E-state index in [-0.39, 0.29) is 5.97 Å². The van der Waals surface area contributed by atoms with E-state index in [1.807, 2.05) is 13.1 Å². The van der Waals surface area contributed by atoms with Gasteiger partial charge in [-0.2, -0.15) is 10.2 Å². The maximum absolute atomic E-state index is 11.4. The highest BCUT2D eigenvalue weighted by Crippen LogP contribution is 2.40. The van der Waals surface area contributed by atoms with Crippen molar-refractivity contribution in [3.63, 3.8) is 0 Å². The van der Waals surface area contributed by atoms with Crippen molar-refractivity contribution in [2.24, 2.45) is 5.92 Å². The first-order valence-electron chi connectivity index (χ1n) is 6.99. The highest BCUT2D eigenvalue weighted by Gasteiger charge is 2.31. The Morgan fingerprint density at radius 2 is 2.26 bits per heavy atom. The Morgan fingerprint density at radius 3 is 2.95 bits per heavy atom. The molecule has 0 spiro atoms. The number of rotatable bonds is 5. The molecule has 1 aliphatic carbocycles. The summed E-state index contributed by atoms with van der Waals surface area (Å²) in [5.41, 5.74) is 2.25. The number of carbonyl (C=O) groups excluding carboxylic acids is 1. The molecule has 3 rings (SSSR count). The summed E-state index contributed by atoms with van der Waals surface area (Å²) in [5.74, 6) is 0.958. The second kappa shape index (κ2) is 5.15. The molecule has 5 nitrogen and oxygen atoms in total. The second-order valence-electron chi connectivity index (χ2n) is 5.39. The molecule has 2 heterocycles. The number of hydrogen-bond donors (Lipinski definition) is 0. The maximum Gasteiger partial charge on any atom is 0.306 e. The monoisotopic (exact) mass is 261 g/mol. The van der Waals surface area contributed by atoms with E-state index in [0.29, 0.717) is 24.9 Å². The highest BCUT2D eigenvalue weighted by molar-refractivity contribution is 5.70. The molecule has 1 aromatic rings. The van der Waals surface area contributed by atoms with Crippen LogP contribution in [0.1, 0.15) is 37.8 Å². The molecule has 0 N–H and O–H groups in total. The molecule has 0 aromatic carbocycles. The average Bonchev–Trinajstić information content (AvgIpc) is 3.18. The number of esters is 1. The minimum atomic E-state index is -0.0846. The molecule has 0 unspecified atom stereocenters. The highest BCUT2D eigenvalue weighted by atomic mass is 16.5. The lowest BCUT2D eigenvalue weighted by Gasteiger charge is -2.40. The number of anilines is 1. The van der Waals surface area contributed by atoms with Gasteiger partial charge in [0.1, 0.15) is 0 Å². The standard InChI is InChI=1S/C14H19N3O2/c1-2-19-14(18)5-10-8-17(9-10)12-6-13(11-3-4-11)16-15-7-12/h6-7,10-11H,2-5,8-9H2,1H3. The van der Waals surface area contributed by atoms with Crippen molar-refractivity contribution >= 4 is 11.7 Å². The third-order valence-corrected chi connectivity index (χ3v) is 3.74. The van der Waals surface area contributed by atoms with Crippen molar-refractivity contribution in [1.29, 1.82) is 0 Å². The van der Waals surface area contributed by atoms with Gasteiger partial charge in [0.25, 0.3) is 0 Å². The first-order valence-corrected chi connectivity index (χ1v) is 6.99. The van der Waals surface area contributed by atoms with E-state index in [4.69, 9.17) is 4.74 Å². The summed E-state index contributed by atoms with van der Waals surface area (Å²) in [7, 11) is 0. The number of nitrogens with zero attached hydrogens (tertiary/aromatic N) is 3. The lowest BCUT2D eigenvalue weighted by Crippen LogP contribution is -2.47. The van der Waals surface area contributed by atoms with E-state index >= 15 is 0 Å². The van der Waals surface area contributed by atoms with E-state index in [2.05, 4.69) is 21.2 Å². The SMILES string of the molecule is CCOC(=O)CC1CN(c2cnnc(C3CC3)c2)C1. The summed E-state index contributed by atoms with van der Waals surface area (Å²) >= 11 is 0. The van der Waals surface area contributed by atoms with Crippen LogP contribution in [0.25, 0.3) is 0 Å². The molecule has 0 radical (unpaired) electrons. The molecule has 1 saturated heterocycles. The minimum absolute atomic E-state index is 0.0846. The van der Waals surface area contributed by atoms with Gasteiger partial charge in [-0.3, -0.25) is 4.79 Å². The quantitative estimate of drug-likeness (QED) is 0.756. The van der Waals surface area contributed by atoms with Gasteiger partial charge in [0, 0.05) is 24.9 Å². The van der Waals surface area contributed by atoms with Crippen LogP contribution in [0.2, 0.25) is 0 Å². The molecule has 0 atom stereocenters. The summed E-state index contributed by atoms with van der Waals surface area (Å²) in [4.78, 5) is 13.6. The fraction of sp³-hybridized carbons (Fsp3) is 0.643. The zero-order valence-corrected chi connectivity index (χ0v) is 11.2. The van der Waals surface area contributed by atoms with Crippen LogP contribution in [0, 0.1) is 5.92 Å². The average molecular weight is 261 g/mol. The first-order chi connectivity index (χ1) is 9.26. The van der Waals surface area contributed by atoms with Crippen LogP contribution in [0.4, 0.5) is 5.69 Å². The Bertz CT molecular complexity index is 468. The molecule has 1 aromatic heterocycles. The Balaban J connectivity index is 1.52. The van der Waals surface area contributed by atoms with E-state index in [1.54, 1.807) is 0 Å². The van der Waals surface area contributed by atoms with E-state index in [9.17, 15) is 4.79 Å². The van der Waals surface area contributed by atoms with Crippen molar-refractivity contribution in [3.05, 3.63) is 18.0 Å². The zero-order chi connectivity index (χ0) is 13.2. The number of ether oxygens (including phenoxy) is 1. The van der Waals surface area contributed by atoms with Crippen LogP contribution in [0.15, 0.2) is 12.3 Å². The molecular weight excluding hydrogens is 242 g/mol. The van der Waals surface area contributed by atoms with Crippen LogP contribution in [-0.2, 0) is 9.53 Å². The number of aromatic nitrogens is 2. The van der Waals surface area contributed by atoms with Crippen LogP contribution in [0.5, 0.6) is 0 Å². The molecular formula is C14H19N3O2. The lowest BCUT2D eigenvalue weighted by atomic mass is 9.96. The Morgan fingerprint density at radius 1 is 1.47 bits per heavy atom. The molecule has 19 heavy (non-hydrogen) atoms. The van der Waals surface area contributed by atoms with Crippen molar-refractivity contribution in [2.75, 3.05) is 24.6 Å². The third-order valence-electron chi connectivity index (χ3n) is 3.74. The van der Waals surface area contributed by atoms with Crippen molar-refractivity contribution < 1.29 is 9.53 Å². The molecule has 0 bridgehead atoms. The minimum Gasteiger partial charge on any atom is -0.466 e. The van der Waals surface area contributed by atoms with Crippen LogP contribution in [0.3, 0.4) is 0 Å². The van der Waals surface area contributed by atoms with Crippen molar-refractivity contribution in [2.45, 2.75) is 32.1 Å². The largest absolute Gasteiger partial charge is 0.466 e. The second-order valence-corrected chi connectivity index (χ2v) is 5.39. The molecule has 2 aliphatic rings. The van der Waals surface area contributed by atoms with Gasteiger partial charge in [0.15, 0.2) is 0 Å². The summed E-state index contributed by atoms with van der Waals surface area (Å²) in [6, 6.07) is 2.14. The molecule has 2 fully saturated rings. The van der Waals surface area contributed by atoms with Crippen molar-refractivity contribution in [3.8, 4) is 0 Å². The molecule has 1 aliphatic heterocycles. The third kappa shape index (κ3) is 2.85. The van der Waals surface area contributed by atoms with Gasteiger partial charge < -0.3 is 9.64 Å². The van der Waals surface area contributed by atoms with Gasteiger partial charge in [-0.05, 0) is 25.8 Å². The predicted octanol–water partition coefficient (Wildman–Crippen LogP) is 1.74. The van der Waals surface area contributed by atoms with Crippen LogP contribution in [-0.4, -0.2) is 35.9 Å². The smallest absolute Gasteiger partial charge is 0.306 e. The van der Waals surface area contributed by atoms with Gasteiger partial charge in [0.2, 0.25) is 0 Å².